The number of imidazole rings is 1. The van der Waals surface area contributed by atoms with E-state index in [4.69, 9.17) is 4.42 Å². The van der Waals surface area contributed by atoms with E-state index in [0.29, 0.717) is 17.2 Å². The van der Waals surface area contributed by atoms with Crippen molar-refractivity contribution in [2.45, 2.75) is 6.92 Å². The maximum absolute atomic E-state index is 11.7. The van der Waals surface area contributed by atoms with E-state index in [0.717, 1.165) is 5.56 Å². The van der Waals surface area contributed by atoms with E-state index in [1.165, 1.54) is 4.57 Å². The maximum atomic E-state index is 11.7. The number of hydrogen-bond acceptors (Lipinski definition) is 4. The Balaban J connectivity index is 2.40. The second-order valence-corrected chi connectivity index (χ2v) is 3.99. The van der Waals surface area contributed by atoms with Gasteiger partial charge in [0.2, 0.25) is 0 Å². The third-order valence-corrected chi connectivity index (χ3v) is 2.87. The zero-order valence-electron chi connectivity index (χ0n) is 9.77. The first-order valence-corrected chi connectivity index (χ1v) is 5.31. The highest BCUT2D eigenvalue weighted by Crippen LogP contribution is 2.22. The minimum Gasteiger partial charge on any atom is -0.469 e. The topological polar surface area (TPSA) is 96.7 Å². The molecular formula is C11H10N4O3. The Morgan fingerprint density at radius 3 is 2.78 bits per heavy atom. The molecule has 0 atom stereocenters. The molecule has 0 unspecified atom stereocenters. The second kappa shape index (κ2) is 3.46. The Kier molecular flexibility index (Phi) is 2.03. The van der Waals surface area contributed by atoms with Crippen molar-refractivity contribution >= 4 is 11.2 Å². The molecule has 0 fully saturated rings. The van der Waals surface area contributed by atoms with Crippen LogP contribution in [0.4, 0.5) is 0 Å². The van der Waals surface area contributed by atoms with E-state index in [2.05, 4.69) is 15.0 Å². The van der Waals surface area contributed by atoms with Crippen molar-refractivity contribution in [3.8, 4) is 11.4 Å². The molecule has 0 aliphatic heterocycles. The molecule has 3 aromatic rings. The van der Waals surface area contributed by atoms with Crippen LogP contribution in [0, 0.1) is 6.92 Å². The highest BCUT2D eigenvalue weighted by molar-refractivity contribution is 5.75. The van der Waals surface area contributed by atoms with Gasteiger partial charge in [-0.05, 0) is 13.0 Å². The van der Waals surface area contributed by atoms with Crippen LogP contribution in [0.3, 0.4) is 0 Å². The third kappa shape index (κ3) is 1.33. The van der Waals surface area contributed by atoms with Crippen LogP contribution in [0.2, 0.25) is 0 Å². The molecule has 0 spiro atoms. The van der Waals surface area contributed by atoms with Crippen LogP contribution < -0.4 is 11.2 Å². The monoisotopic (exact) mass is 246 g/mol. The molecule has 92 valence electrons. The van der Waals surface area contributed by atoms with Gasteiger partial charge >= 0.3 is 5.69 Å². The summed E-state index contributed by atoms with van der Waals surface area (Å²) < 4.78 is 6.47. The van der Waals surface area contributed by atoms with Crippen LogP contribution in [-0.2, 0) is 7.05 Å². The van der Waals surface area contributed by atoms with E-state index in [9.17, 15) is 9.59 Å². The first-order chi connectivity index (χ1) is 8.58. The lowest BCUT2D eigenvalue weighted by Crippen LogP contribution is -2.28. The van der Waals surface area contributed by atoms with E-state index < -0.39 is 11.2 Å². The number of fused-ring (bicyclic) bond motifs is 1. The number of hydrogen-bond donors (Lipinski definition) is 2. The van der Waals surface area contributed by atoms with Crippen molar-refractivity contribution in [1.29, 1.82) is 0 Å². The maximum Gasteiger partial charge on any atom is 0.329 e. The van der Waals surface area contributed by atoms with Crippen LogP contribution in [-0.4, -0.2) is 19.5 Å². The van der Waals surface area contributed by atoms with Crippen LogP contribution >= 0.6 is 0 Å². The molecule has 0 bridgehead atoms. The number of aromatic nitrogens is 4. The highest BCUT2D eigenvalue weighted by Gasteiger charge is 2.14. The molecule has 0 saturated heterocycles. The summed E-state index contributed by atoms with van der Waals surface area (Å²) in [4.78, 5) is 32.5. The normalized spacial score (nSPS) is 11.2. The Hall–Kier alpha value is -2.57. The van der Waals surface area contributed by atoms with Crippen molar-refractivity contribution in [1.82, 2.24) is 19.5 Å². The van der Waals surface area contributed by atoms with Gasteiger partial charge in [-0.1, -0.05) is 0 Å². The summed E-state index contributed by atoms with van der Waals surface area (Å²) in [6.07, 6.45) is 1.54. The highest BCUT2D eigenvalue weighted by atomic mass is 16.3. The summed E-state index contributed by atoms with van der Waals surface area (Å²) in [7, 11) is 1.55. The molecule has 3 aromatic heterocycles. The number of nitrogens with zero attached hydrogens (tertiary/aromatic N) is 2. The van der Waals surface area contributed by atoms with Gasteiger partial charge in [-0.2, -0.15) is 0 Å². The quantitative estimate of drug-likeness (QED) is 0.654. The van der Waals surface area contributed by atoms with E-state index in [1.807, 2.05) is 0 Å². The van der Waals surface area contributed by atoms with E-state index in [1.54, 1.807) is 26.3 Å². The summed E-state index contributed by atoms with van der Waals surface area (Å²) in [5.74, 6) is 1.19. The number of furan rings is 1. The molecule has 0 aromatic carbocycles. The number of nitrogens with one attached hydrogen (secondary N) is 2. The van der Waals surface area contributed by atoms with Gasteiger partial charge in [0.15, 0.2) is 5.65 Å². The lowest BCUT2D eigenvalue weighted by Gasteiger charge is -1.94. The smallest absolute Gasteiger partial charge is 0.329 e. The minimum absolute atomic E-state index is 0.271. The first-order valence-electron chi connectivity index (χ1n) is 5.31. The molecule has 0 amide bonds. The Bertz CT molecular complexity index is 849. The van der Waals surface area contributed by atoms with Crippen molar-refractivity contribution in [3.63, 3.8) is 0 Å². The average Bonchev–Trinajstić information content (AvgIpc) is 2.92. The van der Waals surface area contributed by atoms with Crippen LogP contribution in [0.25, 0.3) is 22.6 Å². The van der Waals surface area contributed by atoms with Crippen molar-refractivity contribution < 1.29 is 4.42 Å². The molecule has 7 nitrogen and oxygen atoms in total. The fourth-order valence-electron chi connectivity index (χ4n) is 1.86. The third-order valence-electron chi connectivity index (χ3n) is 2.87. The van der Waals surface area contributed by atoms with Gasteiger partial charge in [-0.15, -0.1) is 0 Å². The van der Waals surface area contributed by atoms with Crippen molar-refractivity contribution in [2.75, 3.05) is 0 Å². The summed E-state index contributed by atoms with van der Waals surface area (Å²) in [6.45, 7) is 1.80. The minimum atomic E-state index is -0.491. The van der Waals surface area contributed by atoms with Gasteiger partial charge in [0.1, 0.15) is 17.1 Å². The van der Waals surface area contributed by atoms with E-state index >= 15 is 0 Å². The predicted molar refractivity (Wildman–Crippen MR) is 64.4 cm³/mol. The summed E-state index contributed by atoms with van der Waals surface area (Å²) in [5, 5.41) is 0. The van der Waals surface area contributed by atoms with Crippen molar-refractivity contribution in [3.05, 3.63) is 38.9 Å². The molecular weight excluding hydrogens is 236 g/mol. The molecule has 0 saturated carbocycles. The number of aromatic amines is 2. The Morgan fingerprint density at radius 2 is 2.11 bits per heavy atom. The van der Waals surface area contributed by atoms with Gasteiger partial charge < -0.3 is 9.40 Å². The molecule has 2 N–H and O–H groups in total. The summed E-state index contributed by atoms with van der Waals surface area (Å²) in [5.41, 5.74) is 0.382. The number of rotatable bonds is 1. The zero-order valence-corrected chi connectivity index (χ0v) is 9.77. The fourth-order valence-corrected chi connectivity index (χ4v) is 1.86. The SMILES string of the molecule is Cc1occc1-c1nc2c([nH]1)c(=O)[nH]c(=O)n2C. The van der Waals surface area contributed by atoms with Crippen LogP contribution in [0.1, 0.15) is 5.76 Å². The van der Waals surface area contributed by atoms with Gasteiger partial charge in [0.25, 0.3) is 5.56 Å². The second-order valence-electron chi connectivity index (χ2n) is 3.99. The lowest BCUT2D eigenvalue weighted by molar-refractivity contribution is 0.535. The molecule has 7 heteroatoms. The molecule has 0 aliphatic carbocycles. The fraction of sp³-hybridized carbons (Fsp3) is 0.182. The predicted octanol–water partition coefficient (Wildman–Crippen LogP) is 0.518. The average molecular weight is 246 g/mol. The molecule has 3 rings (SSSR count). The summed E-state index contributed by atoms with van der Waals surface area (Å²) in [6, 6.07) is 1.75. The lowest BCUT2D eigenvalue weighted by atomic mass is 10.2. The van der Waals surface area contributed by atoms with Gasteiger partial charge in [0.05, 0.1) is 11.8 Å². The Labute approximate surface area is 100 Å². The van der Waals surface area contributed by atoms with Crippen LogP contribution in [0.15, 0.2) is 26.3 Å². The zero-order chi connectivity index (χ0) is 12.9. The Morgan fingerprint density at radius 1 is 1.33 bits per heavy atom. The van der Waals surface area contributed by atoms with Gasteiger partial charge in [-0.25, -0.2) is 9.78 Å². The number of H-pyrrole nitrogens is 2. The van der Waals surface area contributed by atoms with E-state index in [-0.39, 0.29) is 5.52 Å². The molecule has 0 radical (unpaired) electrons. The van der Waals surface area contributed by atoms with Crippen molar-refractivity contribution in [2.24, 2.45) is 7.05 Å². The molecule has 3 heterocycles. The van der Waals surface area contributed by atoms with Crippen LogP contribution in [0.5, 0.6) is 0 Å². The van der Waals surface area contributed by atoms with Gasteiger partial charge in [0, 0.05) is 7.05 Å². The first kappa shape index (κ1) is 10.6. The summed E-state index contributed by atoms with van der Waals surface area (Å²) >= 11 is 0. The van der Waals surface area contributed by atoms with Gasteiger partial charge in [-0.3, -0.25) is 14.3 Å². The largest absolute Gasteiger partial charge is 0.469 e. The molecule has 18 heavy (non-hydrogen) atoms. The number of aryl methyl sites for hydroxylation is 2. The standard InChI is InChI=1S/C11H10N4O3/c1-5-6(3-4-18-5)8-12-7-9(13-8)15(2)11(17)14-10(7)16/h3-4H,1-2H3,(H,12,13)(H,14,16,17). The molecule has 0 aliphatic rings.